The van der Waals surface area contributed by atoms with Crippen LogP contribution in [0.3, 0.4) is 0 Å². The van der Waals surface area contributed by atoms with Crippen molar-refractivity contribution < 1.29 is 9.18 Å². The molecule has 4 heteroatoms. The summed E-state index contributed by atoms with van der Waals surface area (Å²) in [6.45, 7) is 4.34. The van der Waals surface area contributed by atoms with Gasteiger partial charge in [-0.3, -0.25) is 4.79 Å². The number of aryl methyl sites for hydroxylation is 1. The Labute approximate surface area is 113 Å². The summed E-state index contributed by atoms with van der Waals surface area (Å²) in [6.07, 6.45) is 2.44. The van der Waals surface area contributed by atoms with Crippen LogP contribution in [0.5, 0.6) is 0 Å². The lowest BCUT2D eigenvalue weighted by atomic mass is 10.0. The van der Waals surface area contributed by atoms with Crippen molar-refractivity contribution in [3.05, 3.63) is 35.1 Å². The Morgan fingerprint density at radius 1 is 1.53 bits per heavy atom. The molecule has 3 nitrogen and oxygen atoms in total. The van der Waals surface area contributed by atoms with Crippen molar-refractivity contribution in [2.75, 3.05) is 19.6 Å². The van der Waals surface area contributed by atoms with Crippen LogP contribution in [0.15, 0.2) is 18.2 Å². The predicted octanol–water partition coefficient (Wildman–Crippen LogP) is 1.79. The van der Waals surface area contributed by atoms with Crippen molar-refractivity contribution in [3.63, 3.8) is 0 Å². The minimum absolute atomic E-state index is 0.118. The predicted molar refractivity (Wildman–Crippen MR) is 73.4 cm³/mol. The van der Waals surface area contributed by atoms with E-state index in [2.05, 4.69) is 10.6 Å². The Bertz CT molecular complexity index is 442. The van der Waals surface area contributed by atoms with Gasteiger partial charge < -0.3 is 10.6 Å². The molecule has 0 bridgehead atoms. The number of nitrogens with one attached hydrogen (secondary N) is 2. The lowest BCUT2D eigenvalue weighted by Gasteiger charge is -2.09. The van der Waals surface area contributed by atoms with Gasteiger partial charge in [0.25, 0.3) is 0 Å². The van der Waals surface area contributed by atoms with Crippen LogP contribution in [-0.2, 0) is 11.2 Å². The average molecular weight is 264 g/mol. The van der Waals surface area contributed by atoms with Crippen molar-refractivity contribution in [1.29, 1.82) is 0 Å². The molecule has 1 aliphatic heterocycles. The molecule has 104 valence electrons. The summed E-state index contributed by atoms with van der Waals surface area (Å²) in [5.74, 6) is 0.419. The molecular weight excluding hydrogens is 243 g/mol. The van der Waals surface area contributed by atoms with Gasteiger partial charge in [0.05, 0.1) is 0 Å². The maximum Gasteiger partial charge on any atom is 0.220 e. The van der Waals surface area contributed by atoms with Gasteiger partial charge in [0.2, 0.25) is 5.91 Å². The number of rotatable bonds is 5. The molecule has 1 saturated heterocycles. The molecule has 2 N–H and O–H groups in total. The Kier molecular flexibility index (Phi) is 4.91. The molecule has 1 heterocycles. The fourth-order valence-electron chi connectivity index (χ4n) is 2.43. The summed E-state index contributed by atoms with van der Waals surface area (Å²) in [7, 11) is 0. The molecule has 2 rings (SSSR count). The lowest BCUT2D eigenvalue weighted by Crippen LogP contribution is -2.28. The van der Waals surface area contributed by atoms with Crippen LogP contribution < -0.4 is 10.6 Å². The standard InChI is InChI=1S/C15H21FN2O/c1-11-8-12(2-3-14(11)16)5-7-18-15(19)9-13-4-6-17-10-13/h2-3,8,13,17H,4-7,9-10H2,1H3,(H,18,19). The van der Waals surface area contributed by atoms with Gasteiger partial charge in [0.1, 0.15) is 5.82 Å². The largest absolute Gasteiger partial charge is 0.356 e. The molecule has 0 saturated carbocycles. The second-order valence-corrected chi connectivity index (χ2v) is 5.25. The first-order valence-electron chi connectivity index (χ1n) is 6.87. The van der Waals surface area contributed by atoms with E-state index >= 15 is 0 Å². The Morgan fingerprint density at radius 2 is 2.37 bits per heavy atom. The summed E-state index contributed by atoms with van der Waals surface area (Å²) in [5.41, 5.74) is 1.71. The summed E-state index contributed by atoms with van der Waals surface area (Å²) < 4.78 is 13.1. The van der Waals surface area contributed by atoms with E-state index in [1.807, 2.05) is 6.07 Å². The highest BCUT2D eigenvalue weighted by Gasteiger charge is 2.17. The molecular formula is C15H21FN2O. The maximum absolute atomic E-state index is 13.1. The molecule has 1 amide bonds. The average Bonchev–Trinajstić information content (AvgIpc) is 2.86. The first-order chi connectivity index (χ1) is 9.15. The van der Waals surface area contributed by atoms with Crippen molar-refractivity contribution in [2.24, 2.45) is 5.92 Å². The zero-order valence-corrected chi connectivity index (χ0v) is 11.3. The van der Waals surface area contributed by atoms with Gasteiger partial charge in [-0.15, -0.1) is 0 Å². The van der Waals surface area contributed by atoms with E-state index in [-0.39, 0.29) is 11.7 Å². The van der Waals surface area contributed by atoms with Crippen molar-refractivity contribution in [2.45, 2.75) is 26.2 Å². The molecule has 0 aliphatic carbocycles. The normalized spacial score (nSPS) is 18.5. The highest BCUT2D eigenvalue weighted by molar-refractivity contribution is 5.76. The molecule has 1 aliphatic rings. The highest BCUT2D eigenvalue weighted by atomic mass is 19.1. The van der Waals surface area contributed by atoms with Crippen LogP contribution in [0.4, 0.5) is 4.39 Å². The molecule has 1 aromatic rings. The number of carbonyl (C=O) groups excluding carboxylic acids is 1. The first kappa shape index (κ1) is 14.0. The van der Waals surface area contributed by atoms with E-state index in [0.717, 1.165) is 31.5 Å². The maximum atomic E-state index is 13.1. The van der Waals surface area contributed by atoms with Crippen LogP contribution in [0.1, 0.15) is 24.0 Å². The third kappa shape index (κ3) is 4.31. The van der Waals surface area contributed by atoms with Gasteiger partial charge >= 0.3 is 0 Å². The van der Waals surface area contributed by atoms with Crippen molar-refractivity contribution >= 4 is 5.91 Å². The van der Waals surface area contributed by atoms with Crippen molar-refractivity contribution in [3.8, 4) is 0 Å². The lowest BCUT2D eigenvalue weighted by molar-refractivity contribution is -0.121. The Balaban J connectivity index is 1.70. The number of carbonyl (C=O) groups is 1. The Hall–Kier alpha value is -1.42. The minimum atomic E-state index is -0.179. The first-order valence-corrected chi connectivity index (χ1v) is 6.87. The third-order valence-corrected chi connectivity index (χ3v) is 3.59. The molecule has 0 spiro atoms. The molecule has 0 aromatic heterocycles. The third-order valence-electron chi connectivity index (χ3n) is 3.59. The van der Waals surface area contributed by atoms with E-state index in [1.165, 1.54) is 6.07 Å². The molecule has 1 aromatic carbocycles. The highest BCUT2D eigenvalue weighted by Crippen LogP contribution is 2.12. The van der Waals surface area contributed by atoms with Crippen LogP contribution in [0, 0.1) is 18.7 Å². The molecule has 1 unspecified atom stereocenters. The number of amides is 1. The fourth-order valence-corrected chi connectivity index (χ4v) is 2.43. The quantitative estimate of drug-likeness (QED) is 0.851. The SMILES string of the molecule is Cc1cc(CCNC(=O)CC2CCNC2)ccc1F. The molecule has 0 radical (unpaired) electrons. The van der Waals surface area contributed by atoms with Gasteiger partial charge in [0, 0.05) is 13.0 Å². The summed E-state index contributed by atoms with van der Waals surface area (Å²) >= 11 is 0. The zero-order valence-electron chi connectivity index (χ0n) is 11.3. The van der Waals surface area contributed by atoms with Crippen LogP contribution in [0.25, 0.3) is 0 Å². The van der Waals surface area contributed by atoms with E-state index in [4.69, 9.17) is 0 Å². The molecule has 1 atom stereocenters. The van der Waals surface area contributed by atoms with Crippen LogP contribution in [-0.4, -0.2) is 25.5 Å². The van der Waals surface area contributed by atoms with E-state index in [9.17, 15) is 9.18 Å². The second-order valence-electron chi connectivity index (χ2n) is 5.25. The number of hydrogen-bond acceptors (Lipinski definition) is 2. The summed E-state index contributed by atoms with van der Waals surface area (Å²) in [5, 5.41) is 6.19. The summed E-state index contributed by atoms with van der Waals surface area (Å²) in [4.78, 5) is 11.7. The van der Waals surface area contributed by atoms with E-state index in [1.54, 1.807) is 13.0 Å². The number of hydrogen-bond donors (Lipinski definition) is 2. The molecule has 1 fully saturated rings. The van der Waals surface area contributed by atoms with Gasteiger partial charge in [-0.05, 0) is 56.0 Å². The fraction of sp³-hybridized carbons (Fsp3) is 0.533. The smallest absolute Gasteiger partial charge is 0.220 e. The monoisotopic (exact) mass is 264 g/mol. The van der Waals surface area contributed by atoms with Crippen molar-refractivity contribution in [1.82, 2.24) is 10.6 Å². The second kappa shape index (κ2) is 6.66. The number of halogens is 1. The van der Waals surface area contributed by atoms with Crippen LogP contribution in [0.2, 0.25) is 0 Å². The van der Waals surface area contributed by atoms with Gasteiger partial charge in [0.15, 0.2) is 0 Å². The van der Waals surface area contributed by atoms with Crippen LogP contribution >= 0.6 is 0 Å². The topological polar surface area (TPSA) is 41.1 Å². The summed E-state index contributed by atoms with van der Waals surface area (Å²) in [6, 6.07) is 5.09. The zero-order chi connectivity index (χ0) is 13.7. The van der Waals surface area contributed by atoms with Gasteiger partial charge in [-0.25, -0.2) is 4.39 Å². The number of benzene rings is 1. The van der Waals surface area contributed by atoms with Gasteiger partial charge in [-0.1, -0.05) is 12.1 Å². The van der Waals surface area contributed by atoms with E-state index in [0.29, 0.717) is 24.4 Å². The van der Waals surface area contributed by atoms with Gasteiger partial charge in [-0.2, -0.15) is 0 Å². The molecule has 19 heavy (non-hydrogen) atoms. The van der Waals surface area contributed by atoms with E-state index < -0.39 is 0 Å². The Morgan fingerprint density at radius 3 is 3.05 bits per heavy atom. The minimum Gasteiger partial charge on any atom is -0.356 e.